The Morgan fingerprint density at radius 3 is 2.26 bits per heavy atom. The molecule has 236 valence electrons. The van der Waals surface area contributed by atoms with E-state index in [2.05, 4.69) is 20.9 Å². The Balaban J connectivity index is 1.53. The number of urea groups is 1. The molecule has 43 heavy (non-hydrogen) atoms. The normalized spacial score (nSPS) is 24.4. The van der Waals surface area contributed by atoms with Crippen LogP contribution in [0.2, 0.25) is 0 Å². The zero-order chi connectivity index (χ0) is 32.0. The van der Waals surface area contributed by atoms with Gasteiger partial charge in [0.25, 0.3) is 5.91 Å². The predicted octanol–water partition coefficient (Wildman–Crippen LogP) is 1.89. The van der Waals surface area contributed by atoms with Gasteiger partial charge in [0, 0.05) is 18.1 Å². The Bertz CT molecular complexity index is 1280. The summed E-state index contributed by atoms with van der Waals surface area (Å²) in [6.07, 6.45) is 3.68. The molecule has 3 fully saturated rings. The molecule has 5 amide bonds. The second-order valence-electron chi connectivity index (χ2n) is 14.2. The number of rotatable bonds is 12. The number of nitrogens with two attached hydrogens (primary N) is 1. The highest BCUT2D eigenvalue weighted by atomic mass is 32.1. The van der Waals surface area contributed by atoms with Gasteiger partial charge in [0.1, 0.15) is 12.1 Å². The summed E-state index contributed by atoms with van der Waals surface area (Å²) in [7, 11) is 0. The first-order chi connectivity index (χ1) is 19.9. The van der Waals surface area contributed by atoms with Gasteiger partial charge in [-0.15, -0.1) is 11.3 Å². The quantitative estimate of drug-likeness (QED) is 0.204. The molecule has 0 bridgehead atoms. The number of nitrogens with zero attached hydrogens (tertiary/aromatic N) is 2. The largest absolute Gasteiger partial charge is 0.363 e. The van der Waals surface area contributed by atoms with Crippen LogP contribution in [0.5, 0.6) is 0 Å². The maximum Gasteiger partial charge on any atom is 0.316 e. The Morgan fingerprint density at radius 1 is 1.09 bits per heavy atom. The Morgan fingerprint density at radius 2 is 1.74 bits per heavy atom. The van der Waals surface area contributed by atoms with Crippen molar-refractivity contribution >= 4 is 46.7 Å². The van der Waals surface area contributed by atoms with Crippen LogP contribution in [-0.4, -0.2) is 75.9 Å². The molecular weight excluding hydrogens is 572 g/mol. The zero-order valence-electron chi connectivity index (χ0n) is 25.9. The molecule has 6 atom stereocenters. The fourth-order valence-corrected chi connectivity index (χ4v) is 6.92. The molecule has 4 rings (SSSR count). The van der Waals surface area contributed by atoms with Gasteiger partial charge in [-0.1, -0.05) is 61.3 Å². The van der Waals surface area contributed by atoms with Gasteiger partial charge >= 0.3 is 6.03 Å². The average Bonchev–Trinajstić information content (AvgIpc) is 3.60. The van der Waals surface area contributed by atoms with Crippen LogP contribution in [0.4, 0.5) is 4.79 Å². The second-order valence-corrected chi connectivity index (χ2v) is 15.1. The number of ketones is 2. The van der Waals surface area contributed by atoms with Gasteiger partial charge in [0.05, 0.1) is 12.1 Å². The molecule has 12 nitrogen and oxygen atoms in total. The van der Waals surface area contributed by atoms with Crippen molar-refractivity contribution < 1.29 is 28.8 Å². The first kappa shape index (κ1) is 32.6. The minimum absolute atomic E-state index is 0.0663. The first-order valence-corrected chi connectivity index (χ1v) is 15.8. The number of carbonyl (C=O) groups excluding carboxylic acids is 6. The summed E-state index contributed by atoms with van der Waals surface area (Å²) in [6, 6.07) is -4.48. The summed E-state index contributed by atoms with van der Waals surface area (Å²) in [6.45, 7) is 13.4. The minimum atomic E-state index is -1.11. The first-order valence-electron chi connectivity index (χ1n) is 14.9. The fraction of sp³-hybridized carbons (Fsp3) is 0.700. The summed E-state index contributed by atoms with van der Waals surface area (Å²) < 4.78 is 0. The van der Waals surface area contributed by atoms with E-state index in [0.717, 1.165) is 12.8 Å². The number of Topliss-reactive ketones (excluding diaryl/α,β-unsaturated/α-hetero) is 2. The van der Waals surface area contributed by atoms with E-state index in [1.165, 1.54) is 22.4 Å². The second kappa shape index (κ2) is 12.0. The number of likely N-dealkylation sites (tertiary alicyclic amines) is 1. The molecule has 1 aromatic rings. The molecule has 2 aliphatic carbocycles. The van der Waals surface area contributed by atoms with E-state index in [1.54, 1.807) is 5.38 Å². The number of hydrogen-bond acceptors (Lipinski definition) is 8. The van der Waals surface area contributed by atoms with Crippen LogP contribution in [0.3, 0.4) is 0 Å². The third kappa shape index (κ3) is 6.91. The van der Waals surface area contributed by atoms with Crippen molar-refractivity contribution in [1.29, 1.82) is 0 Å². The summed E-state index contributed by atoms with van der Waals surface area (Å²) in [5.74, 6) is -3.27. The lowest BCUT2D eigenvalue weighted by molar-refractivity contribution is -0.145. The van der Waals surface area contributed by atoms with E-state index >= 15 is 0 Å². The molecular formula is C30H44N6O6S. The molecule has 3 aliphatic rings. The monoisotopic (exact) mass is 616 g/mol. The van der Waals surface area contributed by atoms with E-state index in [-0.39, 0.29) is 39.9 Å². The zero-order valence-corrected chi connectivity index (χ0v) is 26.7. The van der Waals surface area contributed by atoms with Crippen LogP contribution >= 0.6 is 11.3 Å². The van der Waals surface area contributed by atoms with Gasteiger partial charge in [-0.3, -0.25) is 24.0 Å². The van der Waals surface area contributed by atoms with Crippen molar-refractivity contribution in [3.8, 4) is 0 Å². The van der Waals surface area contributed by atoms with Crippen molar-refractivity contribution in [2.45, 2.75) is 91.9 Å². The molecule has 13 heteroatoms. The van der Waals surface area contributed by atoms with Crippen molar-refractivity contribution in [1.82, 2.24) is 25.8 Å². The van der Waals surface area contributed by atoms with Crippen molar-refractivity contribution in [3.05, 3.63) is 16.6 Å². The SMILES string of the molecule is CC(C)C(NC(=O)N[C@H](C(=O)N1C[C@H]2[C@@H]([C@H]1C(=O)NC(CC1CC1)C(=O)C(N)=O)C2(C)C)C(C)(C)C)C(=O)c1nccs1. The van der Waals surface area contributed by atoms with Crippen LogP contribution in [0.25, 0.3) is 0 Å². The number of hydrogen-bond donors (Lipinski definition) is 4. The topological polar surface area (TPSA) is 181 Å². The number of fused-ring (bicyclic) bond motifs is 1. The Kier molecular flexibility index (Phi) is 9.07. The number of amides is 5. The van der Waals surface area contributed by atoms with Gasteiger partial charge in [-0.25, -0.2) is 9.78 Å². The fourth-order valence-electron chi connectivity index (χ4n) is 6.30. The highest BCUT2D eigenvalue weighted by Crippen LogP contribution is 2.65. The summed E-state index contributed by atoms with van der Waals surface area (Å²) in [5.41, 5.74) is 4.33. The molecule has 5 N–H and O–H groups in total. The molecule has 2 unspecified atom stereocenters. The maximum atomic E-state index is 14.2. The number of piperidine rings is 1. The van der Waals surface area contributed by atoms with Crippen molar-refractivity contribution in [2.75, 3.05) is 6.54 Å². The Hall–Kier alpha value is -3.35. The molecule has 0 spiro atoms. The van der Waals surface area contributed by atoms with E-state index in [1.807, 2.05) is 48.5 Å². The Labute approximate surface area is 256 Å². The van der Waals surface area contributed by atoms with E-state index in [0.29, 0.717) is 13.0 Å². The third-order valence-electron chi connectivity index (χ3n) is 9.17. The molecule has 2 heterocycles. The van der Waals surface area contributed by atoms with Crippen LogP contribution in [-0.2, 0) is 19.2 Å². The average molecular weight is 617 g/mol. The van der Waals surface area contributed by atoms with Crippen LogP contribution in [0, 0.1) is 34.5 Å². The van der Waals surface area contributed by atoms with Crippen molar-refractivity contribution in [2.24, 2.45) is 40.2 Å². The third-order valence-corrected chi connectivity index (χ3v) is 9.96. The lowest BCUT2D eigenvalue weighted by atomic mass is 9.85. The molecule has 1 saturated heterocycles. The van der Waals surface area contributed by atoms with Crippen LogP contribution in [0.1, 0.15) is 77.5 Å². The predicted molar refractivity (Wildman–Crippen MR) is 160 cm³/mol. The molecule has 0 radical (unpaired) electrons. The van der Waals surface area contributed by atoms with Crippen molar-refractivity contribution in [3.63, 3.8) is 0 Å². The molecule has 2 saturated carbocycles. The van der Waals surface area contributed by atoms with Gasteiger partial charge in [-0.2, -0.15) is 0 Å². The lowest BCUT2D eigenvalue weighted by Gasteiger charge is -2.38. The van der Waals surface area contributed by atoms with Gasteiger partial charge in [-0.05, 0) is 40.9 Å². The van der Waals surface area contributed by atoms with E-state index < -0.39 is 59.1 Å². The number of aromatic nitrogens is 1. The number of thiazole rings is 1. The summed E-state index contributed by atoms with van der Waals surface area (Å²) in [5, 5.41) is 10.2. The highest BCUT2D eigenvalue weighted by Gasteiger charge is 2.70. The van der Waals surface area contributed by atoms with E-state index in [4.69, 9.17) is 5.73 Å². The molecule has 0 aromatic carbocycles. The lowest BCUT2D eigenvalue weighted by Crippen LogP contribution is -2.62. The van der Waals surface area contributed by atoms with E-state index in [9.17, 15) is 28.8 Å². The summed E-state index contributed by atoms with van der Waals surface area (Å²) >= 11 is 1.19. The van der Waals surface area contributed by atoms with Gasteiger partial charge in [0.2, 0.25) is 23.4 Å². The van der Waals surface area contributed by atoms with Crippen LogP contribution in [0.15, 0.2) is 11.6 Å². The molecule has 1 aliphatic heterocycles. The maximum absolute atomic E-state index is 14.2. The minimum Gasteiger partial charge on any atom is -0.363 e. The smallest absolute Gasteiger partial charge is 0.316 e. The standard InChI is InChI=1S/C30H44N6O6S/c1-14(2)19(22(38)26-32-10-11-43-26)34-28(42)35-23(29(3,4)5)27(41)36-13-16-18(30(16,6)7)20(36)25(40)33-17(12-15-8-9-15)21(37)24(31)39/h10-11,14-20,23H,8-9,12-13H2,1-7H3,(H2,31,39)(H,33,40)(H2,34,35,42)/t16-,17?,18-,19?,20-,23+/m0/s1. The molecule has 1 aromatic heterocycles. The highest BCUT2D eigenvalue weighted by molar-refractivity contribution is 7.11. The van der Waals surface area contributed by atoms with Gasteiger partial charge in [0.15, 0.2) is 5.01 Å². The number of nitrogens with one attached hydrogen (secondary N) is 3. The number of carbonyl (C=O) groups is 6. The number of primary amides is 1. The summed E-state index contributed by atoms with van der Waals surface area (Å²) in [4.78, 5) is 84.1. The van der Waals surface area contributed by atoms with Gasteiger partial charge < -0.3 is 26.6 Å². The van der Waals surface area contributed by atoms with Crippen LogP contribution < -0.4 is 21.7 Å².